The normalized spacial score (nSPS) is 17.2. The van der Waals surface area contributed by atoms with E-state index in [1.807, 2.05) is 30.3 Å². The minimum absolute atomic E-state index is 0.0247. The monoisotopic (exact) mass is 282 g/mol. The lowest BCUT2D eigenvalue weighted by Gasteiger charge is -2.09. The second kappa shape index (κ2) is 5.16. The van der Waals surface area contributed by atoms with Crippen LogP contribution in [0.15, 0.2) is 59.8 Å². The highest BCUT2D eigenvalue weighted by Crippen LogP contribution is 2.29. The van der Waals surface area contributed by atoms with Crippen LogP contribution in [0, 0.1) is 10.1 Å². The molecule has 0 aliphatic carbocycles. The number of rotatable bonds is 3. The van der Waals surface area contributed by atoms with E-state index in [1.165, 1.54) is 12.1 Å². The maximum absolute atomic E-state index is 11.9. The van der Waals surface area contributed by atoms with Crippen molar-refractivity contribution < 1.29 is 14.6 Å². The molecule has 0 radical (unpaired) electrons. The molecule has 0 bridgehead atoms. The van der Waals surface area contributed by atoms with E-state index in [4.69, 9.17) is 4.84 Å². The van der Waals surface area contributed by atoms with Crippen molar-refractivity contribution in [2.24, 2.45) is 5.16 Å². The molecule has 3 rings (SSSR count). The highest BCUT2D eigenvalue weighted by atomic mass is 16.7. The van der Waals surface area contributed by atoms with Crippen LogP contribution in [-0.4, -0.2) is 16.6 Å². The minimum Gasteiger partial charge on any atom is -0.317 e. The Morgan fingerprint density at radius 3 is 2.33 bits per heavy atom. The van der Waals surface area contributed by atoms with Gasteiger partial charge in [0.25, 0.3) is 5.69 Å². The first-order chi connectivity index (χ1) is 10.2. The molecule has 0 saturated carbocycles. The van der Waals surface area contributed by atoms with Crippen molar-refractivity contribution in [3.63, 3.8) is 0 Å². The molecule has 2 aromatic carbocycles. The molecule has 21 heavy (non-hydrogen) atoms. The number of nitrogens with zero attached hydrogens (tertiary/aromatic N) is 2. The van der Waals surface area contributed by atoms with E-state index in [1.54, 1.807) is 12.1 Å². The first-order valence-electron chi connectivity index (χ1n) is 6.25. The average Bonchev–Trinajstić information content (AvgIpc) is 2.90. The second-order valence-electron chi connectivity index (χ2n) is 4.53. The van der Waals surface area contributed by atoms with Crippen LogP contribution in [0.3, 0.4) is 0 Å². The van der Waals surface area contributed by atoms with Crippen LogP contribution in [0.1, 0.15) is 17.0 Å². The molecule has 0 N–H and O–H groups in total. The van der Waals surface area contributed by atoms with Crippen LogP contribution in [0.2, 0.25) is 0 Å². The van der Waals surface area contributed by atoms with Gasteiger partial charge in [-0.25, -0.2) is 4.79 Å². The highest BCUT2D eigenvalue weighted by molar-refractivity contribution is 6.18. The predicted octanol–water partition coefficient (Wildman–Crippen LogP) is 2.64. The van der Waals surface area contributed by atoms with Crippen LogP contribution < -0.4 is 0 Å². The summed E-state index contributed by atoms with van der Waals surface area (Å²) in [6.45, 7) is 0. The fourth-order valence-corrected chi connectivity index (χ4v) is 2.22. The van der Waals surface area contributed by atoms with Gasteiger partial charge < -0.3 is 4.84 Å². The summed E-state index contributed by atoms with van der Waals surface area (Å²) in [6.07, 6.45) is 0. The topological polar surface area (TPSA) is 81.8 Å². The van der Waals surface area contributed by atoms with Crippen LogP contribution in [0.4, 0.5) is 5.69 Å². The lowest BCUT2D eigenvalue weighted by molar-refractivity contribution is -0.384. The number of benzene rings is 2. The Morgan fingerprint density at radius 1 is 1.05 bits per heavy atom. The van der Waals surface area contributed by atoms with E-state index in [-0.39, 0.29) is 5.69 Å². The maximum Gasteiger partial charge on any atom is 0.348 e. The molecule has 104 valence electrons. The lowest BCUT2D eigenvalue weighted by Crippen LogP contribution is -2.17. The van der Waals surface area contributed by atoms with Crippen molar-refractivity contribution in [2.75, 3.05) is 0 Å². The Bertz CT molecular complexity index is 723. The third-order valence-electron chi connectivity index (χ3n) is 3.25. The number of carbonyl (C=O) groups excluding carboxylic acids is 1. The van der Waals surface area contributed by atoms with Gasteiger partial charge in [-0.05, 0) is 5.56 Å². The molecule has 0 spiro atoms. The molecule has 1 atom stereocenters. The van der Waals surface area contributed by atoms with Crippen LogP contribution in [0.5, 0.6) is 0 Å². The van der Waals surface area contributed by atoms with Crippen molar-refractivity contribution in [2.45, 2.75) is 5.92 Å². The van der Waals surface area contributed by atoms with Gasteiger partial charge in [0, 0.05) is 17.7 Å². The molecule has 1 heterocycles. The number of nitro benzene ring substituents is 1. The summed E-state index contributed by atoms with van der Waals surface area (Å²) in [7, 11) is 0. The van der Waals surface area contributed by atoms with E-state index >= 15 is 0 Å². The summed E-state index contributed by atoms with van der Waals surface area (Å²) in [5, 5.41) is 14.5. The molecule has 2 aromatic rings. The fourth-order valence-electron chi connectivity index (χ4n) is 2.22. The van der Waals surface area contributed by atoms with Gasteiger partial charge >= 0.3 is 5.97 Å². The van der Waals surface area contributed by atoms with Crippen LogP contribution in [-0.2, 0) is 9.63 Å². The van der Waals surface area contributed by atoms with Gasteiger partial charge in [-0.1, -0.05) is 47.6 Å². The molecule has 0 fully saturated rings. The van der Waals surface area contributed by atoms with Crippen molar-refractivity contribution in [1.29, 1.82) is 0 Å². The Hall–Kier alpha value is -3.02. The zero-order valence-corrected chi connectivity index (χ0v) is 10.8. The number of oxime groups is 1. The summed E-state index contributed by atoms with van der Waals surface area (Å²) >= 11 is 0. The Labute approximate surface area is 119 Å². The van der Waals surface area contributed by atoms with E-state index in [0.717, 1.165) is 5.56 Å². The summed E-state index contributed by atoms with van der Waals surface area (Å²) in [6, 6.07) is 15.0. The van der Waals surface area contributed by atoms with Crippen molar-refractivity contribution in [3.05, 3.63) is 75.8 Å². The SMILES string of the molecule is O=C1ON=C(c2ccccc2)C1c1ccc([N+](=O)[O-])cc1. The Balaban J connectivity index is 1.97. The van der Waals surface area contributed by atoms with Crippen molar-refractivity contribution >= 4 is 17.4 Å². The first-order valence-corrected chi connectivity index (χ1v) is 6.25. The van der Waals surface area contributed by atoms with Gasteiger partial charge in [0.05, 0.1) is 4.92 Å². The van der Waals surface area contributed by atoms with Crippen molar-refractivity contribution in [3.8, 4) is 0 Å². The molecular formula is C15H10N2O4. The largest absolute Gasteiger partial charge is 0.348 e. The molecule has 0 saturated heterocycles. The smallest absolute Gasteiger partial charge is 0.317 e. The van der Waals surface area contributed by atoms with Crippen LogP contribution >= 0.6 is 0 Å². The average molecular weight is 282 g/mol. The number of non-ortho nitro benzene ring substituents is 1. The quantitative estimate of drug-likeness (QED) is 0.492. The Morgan fingerprint density at radius 2 is 1.71 bits per heavy atom. The van der Waals surface area contributed by atoms with Gasteiger partial charge in [0.1, 0.15) is 11.6 Å². The summed E-state index contributed by atoms with van der Waals surface area (Å²) in [4.78, 5) is 26.9. The molecule has 1 aliphatic rings. The molecule has 1 unspecified atom stereocenters. The minimum atomic E-state index is -0.659. The number of hydrogen-bond donors (Lipinski definition) is 0. The third kappa shape index (κ3) is 2.38. The fraction of sp³-hybridized carbons (Fsp3) is 0.0667. The number of nitro groups is 1. The molecule has 0 aromatic heterocycles. The molecule has 6 heteroatoms. The van der Waals surface area contributed by atoms with E-state index in [2.05, 4.69) is 5.16 Å². The van der Waals surface area contributed by atoms with E-state index < -0.39 is 16.8 Å². The molecule has 0 amide bonds. The molecule has 1 aliphatic heterocycles. The maximum atomic E-state index is 11.9. The third-order valence-corrected chi connectivity index (χ3v) is 3.25. The van der Waals surface area contributed by atoms with Crippen LogP contribution in [0.25, 0.3) is 0 Å². The second-order valence-corrected chi connectivity index (χ2v) is 4.53. The predicted molar refractivity (Wildman–Crippen MR) is 74.9 cm³/mol. The standard InChI is InChI=1S/C15H10N2O4/c18-15-13(10-6-8-12(9-7-10)17(19)20)14(16-21-15)11-4-2-1-3-5-11/h1-9,13H. The summed E-state index contributed by atoms with van der Waals surface area (Å²) < 4.78 is 0. The zero-order chi connectivity index (χ0) is 14.8. The Kier molecular flexibility index (Phi) is 3.19. The zero-order valence-electron chi connectivity index (χ0n) is 10.8. The van der Waals surface area contributed by atoms with Gasteiger partial charge in [-0.15, -0.1) is 0 Å². The lowest BCUT2D eigenvalue weighted by atomic mass is 9.90. The van der Waals surface area contributed by atoms with Gasteiger partial charge in [-0.3, -0.25) is 10.1 Å². The highest BCUT2D eigenvalue weighted by Gasteiger charge is 2.35. The number of hydrogen-bond acceptors (Lipinski definition) is 5. The molecule has 6 nitrogen and oxygen atoms in total. The molecular weight excluding hydrogens is 272 g/mol. The first kappa shape index (κ1) is 13.0. The number of carbonyl (C=O) groups is 1. The summed E-state index contributed by atoms with van der Waals surface area (Å²) in [5.41, 5.74) is 1.88. The van der Waals surface area contributed by atoms with Gasteiger partial charge in [0.2, 0.25) is 0 Å². The summed E-state index contributed by atoms with van der Waals surface area (Å²) in [5.74, 6) is -1.14. The van der Waals surface area contributed by atoms with Gasteiger partial charge in [-0.2, -0.15) is 0 Å². The van der Waals surface area contributed by atoms with E-state index in [9.17, 15) is 14.9 Å². The van der Waals surface area contributed by atoms with E-state index in [0.29, 0.717) is 11.3 Å². The van der Waals surface area contributed by atoms with Crippen molar-refractivity contribution in [1.82, 2.24) is 0 Å². The van der Waals surface area contributed by atoms with Gasteiger partial charge in [0.15, 0.2) is 0 Å².